The van der Waals surface area contributed by atoms with Crippen LogP contribution >= 0.6 is 11.3 Å². The summed E-state index contributed by atoms with van der Waals surface area (Å²) in [4.78, 5) is 20.3. The van der Waals surface area contributed by atoms with Crippen molar-refractivity contribution in [1.82, 2.24) is 25.5 Å². The van der Waals surface area contributed by atoms with Crippen LogP contribution in [0.25, 0.3) is 32.4 Å². The molecule has 5 rings (SSSR count). The molecule has 1 saturated heterocycles. The van der Waals surface area contributed by atoms with E-state index in [4.69, 9.17) is 4.74 Å². The molecule has 0 radical (unpaired) electrons. The van der Waals surface area contributed by atoms with Crippen molar-refractivity contribution in [3.63, 3.8) is 0 Å². The summed E-state index contributed by atoms with van der Waals surface area (Å²) in [5, 5.41) is 10.8. The largest absolute Gasteiger partial charge is 0.489 e. The van der Waals surface area contributed by atoms with Gasteiger partial charge in [0.1, 0.15) is 11.9 Å². The predicted molar refractivity (Wildman–Crippen MR) is 104 cm³/mol. The van der Waals surface area contributed by atoms with E-state index in [9.17, 15) is 4.79 Å². The molecule has 1 aliphatic rings. The minimum Gasteiger partial charge on any atom is -0.489 e. The van der Waals surface area contributed by atoms with Gasteiger partial charge in [-0.05, 0) is 36.2 Å². The monoisotopic (exact) mass is 379 g/mol. The summed E-state index contributed by atoms with van der Waals surface area (Å²) < 4.78 is 7.33. The lowest BCUT2D eigenvalue weighted by atomic mass is 10.0. The first-order chi connectivity index (χ1) is 13.2. The number of aromatic amines is 1. The molecular weight excluding hydrogens is 362 g/mol. The Labute approximate surface area is 158 Å². The molecule has 1 fully saturated rings. The van der Waals surface area contributed by atoms with Gasteiger partial charge in [0.25, 0.3) is 0 Å². The molecule has 1 aromatic carbocycles. The number of nitrogens with one attached hydrogen (secondary N) is 2. The first kappa shape index (κ1) is 16.2. The van der Waals surface area contributed by atoms with Crippen molar-refractivity contribution in [2.45, 2.75) is 19.4 Å². The van der Waals surface area contributed by atoms with Crippen LogP contribution in [0.3, 0.4) is 0 Å². The highest BCUT2D eigenvalue weighted by atomic mass is 32.1. The van der Waals surface area contributed by atoms with Crippen molar-refractivity contribution >= 4 is 38.5 Å². The van der Waals surface area contributed by atoms with Gasteiger partial charge >= 0.3 is 0 Å². The van der Waals surface area contributed by atoms with Crippen LogP contribution in [0.15, 0.2) is 36.1 Å². The van der Waals surface area contributed by atoms with E-state index in [-0.39, 0.29) is 17.9 Å². The Morgan fingerprint density at radius 1 is 1.33 bits per heavy atom. The SMILES string of the molecule is C[C@@H](Oc1cc(-c2ccnc3[nH]ncc23)cc2ncsc12)[C@H]1CNC(=O)C1. The maximum Gasteiger partial charge on any atom is 0.220 e. The van der Waals surface area contributed by atoms with Crippen LogP contribution < -0.4 is 10.1 Å². The Hall–Kier alpha value is -3.00. The van der Waals surface area contributed by atoms with Crippen molar-refractivity contribution in [2.24, 2.45) is 5.92 Å². The number of amides is 1. The van der Waals surface area contributed by atoms with Gasteiger partial charge in [0.2, 0.25) is 5.91 Å². The van der Waals surface area contributed by atoms with E-state index < -0.39 is 0 Å². The van der Waals surface area contributed by atoms with E-state index in [0.29, 0.717) is 13.0 Å². The highest BCUT2D eigenvalue weighted by Crippen LogP contribution is 2.37. The summed E-state index contributed by atoms with van der Waals surface area (Å²) >= 11 is 1.56. The second-order valence-electron chi connectivity index (χ2n) is 6.76. The van der Waals surface area contributed by atoms with Crippen LogP contribution in [0.1, 0.15) is 13.3 Å². The number of rotatable bonds is 4. The summed E-state index contributed by atoms with van der Waals surface area (Å²) in [5.41, 5.74) is 5.50. The molecule has 136 valence electrons. The molecule has 3 aromatic heterocycles. The number of H-pyrrole nitrogens is 1. The van der Waals surface area contributed by atoms with E-state index in [2.05, 4.69) is 31.5 Å². The number of ether oxygens (including phenoxy) is 1. The standard InChI is InChI=1S/C19H17N5O2S/c1-10(12-6-17(25)21-7-12)26-16-5-11(4-15-18(16)27-9-22-15)13-2-3-20-19-14(13)8-23-24-19/h2-5,8-10,12H,6-7H2,1H3,(H,21,25)(H,20,23,24)/t10-,12-/m1/s1. The molecular formula is C19H17N5O2S. The maximum atomic E-state index is 11.5. The van der Waals surface area contributed by atoms with Crippen molar-refractivity contribution < 1.29 is 9.53 Å². The smallest absolute Gasteiger partial charge is 0.220 e. The molecule has 0 bridgehead atoms. The third-order valence-corrected chi connectivity index (χ3v) is 5.91. The van der Waals surface area contributed by atoms with Crippen molar-refractivity contribution in [3.8, 4) is 16.9 Å². The van der Waals surface area contributed by atoms with Gasteiger partial charge in [0, 0.05) is 30.5 Å². The van der Waals surface area contributed by atoms with E-state index in [1.165, 1.54) is 0 Å². The number of nitrogens with zero attached hydrogens (tertiary/aromatic N) is 3. The minimum absolute atomic E-state index is 0.0733. The van der Waals surface area contributed by atoms with Gasteiger partial charge in [-0.25, -0.2) is 9.97 Å². The maximum absolute atomic E-state index is 11.5. The molecule has 7 nitrogen and oxygen atoms in total. The Morgan fingerprint density at radius 2 is 2.26 bits per heavy atom. The Balaban J connectivity index is 1.57. The first-order valence-electron chi connectivity index (χ1n) is 8.78. The summed E-state index contributed by atoms with van der Waals surface area (Å²) in [6.07, 6.45) is 3.98. The third kappa shape index (κ3) is 2.82. The number of aromatic nitrogens is 4. The van der Waals surface area contributed by atoms with Crippen LogP contribution in [0.4, 0.5) is 0 Å². The highest BCUT2D eigenvalue weighted by Gasteiger charge is 2.28. The molecule has 0 spiro atoms. The van der Waals surface area contributed by atoms with Crippen LogP contribution in [0.2, 0.25) is 0 Å². The van der Waals surface area contributed by atoms with Gasteiger partial charge in [-0.1, -0.05) is 0 Å². The molecule has 0 saturated carbocycles. The van der Waals surface area contributed by atoms with Crippen LogP contribution in [-0.4, -0.2) is 38.7 Å². The molecule has 1 aliphatic heterocycles. The lowest BCUT2D eigenvalue weighted by Gasteiger charge is -2.20. The van der Waals surface area contributed by atoms with Crippen LogP contribution in [0, 0.1) is 5.92 Å². The third-order valence-electron chi connectivity index (χ3n) is 5.05. The zero-order chi connectivity index (χ0) is 18.4. The normalized spacial score (nSPS) is 18.1. The van der Waals surface area contributed by atoms with Gasteiger partial charge in [-0.3, -0.25) is 9.89 Å². The molecule has 2 N–H and O–H groups in total. The Kier molecular flexibility index (Phi) is 3.78. The fourth-order valence-corrected chi connectivity index (χ4v) is 4.27. The Bertz CT molecular complexity index is 1150. The van der Waals surface area contributed by atoms with Crippen molar-refractivity contribution in [2.75, 3.05) is 6.54 Å². The van der Waals surface area contributed by atoms with Crippen LogP contribution in [-0.2, 0) is 4.79 Å². The van der Waals surface area contributed by atoms with Crippen molar-refractivity contribution in [1.29, 1.82) is 0 Å². The number of benzene rings is 1. The number of carbonyl (C=O) groups excluding carboxylic acids is 1. The average Bonchev–Trinajstić information content (AvgIpc) is 3.41. The highest BCUT2D eigenvalue weighted by molar-refractivity contribution is 7.17. The summed E-state index contributed by atoms with van der Waals surface area (Å²) in [6, 6.07) is 6.08. The second-order valence-corrected chi connectivity index (χ2v) is 7.61. The number of carbonyl (C=O) groups is 1. The van der Waals surface area contributed by atoms with Gasteiger partial charge in [-0.2, -0.15) is 5.10 Å². The van der Waals surface area contributed by atoms with E-state index in [1.807, 2.05) is 24.6 Å². The van der Waals surface area contributed by atoms with Gasteiger partial charge in [0.05, 0.1) is 21.9 Å². The van der Waals surface area contributed by atoms with Crippen LogP contribution in [0.5, 0.6) is 5.75 Å². The molecule has 27 heavy (non-hydrogen) atoms. The van der Waals surface area contributed by atoms with E-state index in [0.717, 1.165) is 38.1 Å². The Morgan fingerprint density at radius 3 is 3.11 bits per heavy atom. The lowest BCUT2D eigenvalue weighted by molar-refractivity contribution is -0.119. The number of hydrogen-bond donors (Lipinski definition) is 2. The van der Waals surface area contributed by atoms with E-state index >= 15 is 0 Å². The topological polar surface area (TPSA) is 92.8 Å². The summed E-state index contributed by atoms with van der Waals surface area (Å²) in [7, 11) is 0. The average molecular weight is 379 g/mol. The summed E-state index contributed by atoms with van der Waals surface area (Å²) in [5.74, 6) is 1.06. The van der Waals surface area contributed by atoms with Crippen molar-refractivity contribution in [3.05, 3.63) is 36.1 Å². The quantitative estimate of drug-likeness (QED) is 0.568. The van der Waals surface area contributed by atoms with Gasteiger partial charge in [-0.15, -0.1) is 11.3 Å². The lowest BCUT2D eigenvalue weighted by Crippen LogP contribution is -2.25. The molecule has 2 atom stereocenters. The number of fused-ring (bicyclic) bond motifs is 2. The zero-order valence-electron chi connectivity index (χ0n) is 14.6. The fourth-order valence-electron chi connectivity index (χ4n) is 3.54. The molecule has 8 heteroatoms. The molecule has 4 heterocycles. The molecule has 0 unspecified atom stereocenters. The zero-order valence-corrected chi connectivity index (χ0v) is 15.4. The number of thiazole rings is 1. The summed E-state index contributed by atoms with van der Waals surface area (Å²) in [6.45, 7) is 2.68. The van der Waals surface area contributed by atoms with E-state index in [1.54, 1.807) is 23.7 Å². The minimum atomic E-state index is -0.0733. The number of hydrogen-bond acceptors (Lipinski definition) is 6. The molecule has 0 aliphatic carbocycles. The van der Waals surface area contributed by atoms with Gasteiger partial charge in [0.15, 0.2) is 5.65 Å². The number of pyridine rings is 1. The molecule has 1 amide bonds. The molecule has 4 aromatic rings. The fraction of sp³-hybridized carbons (Fsp3) is 0.263. The second kappa shape index (κ2) is 6.31. The first-order valence-corrected chi connectivity index (χ1v) is 9.66. The van der Waals surface area contributed by atoms with Gasteiger partial charge < -0.3 is 10.1 Å². The predicted octanol–water partition coefficient (Wildman–Crippen LogP) is 3.14.